The Balaban J connectivity index is 1.61. The number of piperazine rings is 1. The summed E-state index contributed by atoms with van der Waals surface area (Å²) in [5.41, 5.74) is 2.65. The second kappa shape index (κ2) is 8.57. The quantitative estimate of drug-likeness (QED) is 0.756. The molecule has 0 bridgehead atoms. The molecule has 0 amide bonds. The number of hydrogen-bond acceptors (Lipinski definition) is 3. The first-order valence-electron chi connectivity index (χ1n) is 9.09. The lowest BCUT2D eigenvalue weighted by molar-refractivity contribution is 0.204. The molecule has 4 nitrogen and oxygen atoms in total. The van der Waals surface area contributed by atoms with Gasteiger partial charge in [0.1, 0.15) is 0 Å². The molecule has 144 valence electrons. The second-order valence-electron chi connectivity index (χ2n) is 6.88. The molecule has 0 unspecified atom stereocenters. The van der Waals surface area contributed by atoms with E-state index < -0.39 is 10.0 Å². The highest BCUT2D eigenvalue weighted by Gasteiger charge is 2.29. The molecule has 0 N–H and O–H groups in total. The van der Waals surface area contributed by atoms with Crippen LogP contribution in [-0.4, -0.2) is 50.3 Å². The van der Waals surface area contributed by atoms with Gasteiger partial charge in [-0.05, 0) is 42.7 Å². The van der Waals surface area contributed by atoms with Crippen molar-refractivity contribution in [1.29, 1.82) is 0 Å². The van der Waals surface area contributed by atoms with E-state index in [9.17, 15) is 8.42 Å². The van der Waals surface area contributed by atoms with Crippen molar-refractivity contribution in [3.05, 3.63) is 70.3 Å². The van der Waals surface area contributed by atoms with Crippen LogP contribution in [0.25, 0.3) is 6.08 Å². The molecule has 1 fully saturated rings. The van der Waals surface area contributed by atoms with Crippen LogP contribution in [0.5, 0.6) is 0 Å². The third-order valence-corrected chi connectivity index (χ3v) is 7.33. The zero-order chi connectivity index (χ0) is 19.4. The van der Waals surface area contributed by atoms with Gasteiger partial charge in [-0.1, -0.05) is 54.1 Å². The number of hydrogen-bond donors (Lipinski definition) is 0. The molecule has 6 heteroatoms. The van der Waals surface area contributed by atoms with Crippen molar-refractivity contribution < 1.29 is 8.42 Å². The zero-order valence-electron chi connectivity index (χ0n) is 15.7. The van der Waals surface area contributed by atoms with Crippen LogP contribution in [0.3, 0.4) is 0 Å². The molecule has 2 aromatic rings. The molecule has 0 atom stereocenters. The summed E-state index contributed by atoms with van der Waals surface area (Å²) in [4.78, 5) is 2.63. The molecule has 0 aliphatic carbocycles. The van der Waals surface area contributed by atoms with Gasteiger partial charge in [0.25, 0.3) is 0 Å². The van der Waals surface area contributed by atoms with Crippen LogP contribution in [0.1, 0.15) is 16.7 Å². The number of aryl methyl sites for hydroxylation is 2. The van der Waals surface area contributed by atoms with Gasteiger partial charge < -0.3 is 0 Å². The number of rotatable bonds is 5. The molecule has 0 aromatic heterocycles. The van der Waals surface area contributed by atoms with Gasteiger partial charge in [0.05, 0.1) is 4.90 Å². The molecule has 0 radical (unpaired) electrons. The van der Waals surface area contributed by atoms with E-state index in [0.717, 1.165) is 25.2 Å². The Bertz CT molecular complexity index is 919. The Morgan fingerprint density at radius 3 is 2.33 bits per heavy atom. The molecule has 0 saturated carbocycles. The fraction of sp³-hybridized carbons (Fsp3) is 0.333. The highest BCUT2D eigenvalue weighted by atomic mass is 35.5. The number of sulfonamides is 1. The van der Waals surface area contributed by atoms with E-state index in [4.69, 9.17) is 11.6 Å². The van der Waals surface area contributed by atoms with Crippen LogP contribution in [0.15, 0.2) is 53.4 Å². The van der Waals surface area contributed by atoms with E-state index >= 15 is 0 Å². The van der Waals surface area contributed by atoms with Gasteiger partial charge in [0, 0.05) is 37.7 Å². The summed E-state index contributed by atoms with van der Waals surface area (Å²) in [6, 6.07) is 13.6. The van der Waals surface area contributed by atoms with Gasteiger partial charge in [0.2, 0.25) is 10.0 Å². The predicted octanol–water partition coefficient (Wildman–Crippen LogP) is 3.98. The largest absolute Gasteiger partial charge is 0.297 e. The molecule has 27 heavy (non-hydrogen) atoms. The minimum atomic E-state index is -3.49. The van der Waals surface area contributed by atoms with Crippen LogP contribution >= 0.6 is 11.6 Å². The van der Waals surface area contributed by atoms with Crippen molar-refractivity contribution in [2.24, 2.45) is 0 Å². The Hall–Kier alpha value is -1.66. The molecule has 0 spiro atoms. The smallest absolute Gasteiger partial charge is 0.243 e. The minimum absolute atomic E-state index is 0.363. The average molecular weight is 405 g/mol. The van der Waals surface area contributed by atoms with Gasteiger partial charge in [-0.3, -0.25) is 4.90 Å². The van der Waals surface area contributed by atoms with Crippen LogP contribution in [0.2, 0.25) is 5.02 Å². The average Bonchev–Trinajstić information content (AvgIpc) is 2.66. The number of halogens is 1. The maximum atomic E-state index is 13.0. The van der Waals surface area contributed by atoms with E-state index in [2.05, 4.69) is 29.2 Å². The van der Waals surface area contributed by atoms with Crippen LogP contribution in [0, 0.1) is 13.8 Å². The second-order valence-corrected chi connectivity index (χ2v) is 9.20. The summed E-state index contributed by atoms with van der Waals surface area (Å²) in [7, 11) is -3.49. The maximum Gasteiger partial charge on any atom is 0.243 e. The van der Waals surface area contributed by atoms with Crippen LogP contribution < -0.4 is 0 Å². The molecule has 1 aliphatic heterocycles. The van der Waals surface area contributed by atoms with Gasteiger partial charge in [-0.2, -0.15) is 4.31 Å². The molecule has 1 aliphatic rings. The molecule has 2 aromatic carbocycles. The topological polar surface area (TPSA) is 40.6 Å². The summed E-state index contributed by atoms with van der Waals surface area (Å²) < 4.78 is 27.6. The van der Waals surface area contributed by atoms with E-state index in [0.29, 0.717) is 28.6 Å². The SMILES string of the molecule is Cc1cc(S(=O)(=O)N2CCN(C/C=C/c3ccccc3)CC2)c(C)cc1Cl. The van der Waals surface area contributed by atoms with Crippen molar-refractivity contribution in [3.63, 3.8) is 0 Å². The normalized spacial score (nSPS) is 16.9. The molecular weight excluding hydrogens is 380 g/mol. The zero-order valence-corrected chi connectivity index (χ0v) is 17.3. The Morgan fingerprint density at radius 1 is 1.00 bits per heavy atom. The molecule has 1 saturated heterocycles. The van der Waals surface area contributed by atoms with E-state index in [1.807, 2.05) is 25.1 Å². The lowest BCUT2D eigenvalue weighted by Crippen LogP contribution is -2.48. The third kappa shape index (κ3) is 4.79. The highest BCUT2D eigenvalue weighted by molar-refractivity contribution is 7.89. The van der Waals surface area contributed by atoms with Gasteiger partial charge in [-0.25, -0.2) is 8.42 Å². The summed E-state index contributed by atoms with van der Waals surface area (Å²) in [6.45, 7) is 6.90. The van der Waals surface area contributed by atoms with Crippen molar-refractivity contribution in [2.45, 2.75) is 18.7 Å². The van der Waals surface area contributed by atoms with Crippen molar-refractivity contribution in [1.82, 2.24) is 9.21 Å². The predicted molar refractivity (Wildman–Crippen MR) is 112 cm³/mol. The lowest BCUT2D eigenvalue weighted by Gasteiger charge is -2.33. The summed E-state index contributed by atoms with van der Waals surface area (Å²) >= 11 is 6.11. The number of benzene rings is 2. The van der Waals surface area contributed by atoms with Crippen LogP contribution in [0.4, 0.5) is 0 Å². The van der Waals surface area contributed by atoms with Gasteiger partial charge >= 0.3 is 0 Å². The van der Waals surface area contributed by atoms with E-state index in [-0.39, 0.29) is 0 Å². The van der Waals surface area contributed by atoms with Gasteiger partial charge in [-0.15, -0.1) is 0 Å². The monoisotopic (exact) mass is 404 g/mol. The molecular formula is C21H25ClN2O2S. The molecule has 1 heterocycles. The minimum Gasteiger partial charge on any atom is -0.297 e. The van der Waals surface area contributed by atoms with Gasteiger partial charge in [0.15, 0.2) is 0 Å². The van der Waals surface area contributed by atoms with Crippen molar-refractivity contribution >= 4 is 27.7 Å². The fourth-order valence-corrected chi connectivity index (χ4v) is 5.16. The molecule has 3 rings (SSSR count). The number of nitrogens with zero attached hydrogens (tertiary/aromatic N) is 2. The van der Waals surface area contributed by atoms with E-state index in [1.165, 1.54) is 5.56 Å². The third-order valence-electron chi connectivity index (χ3n) is 4.88. The first kappa shape index (κ1) is 20.1. The Kier molecular flexibility index (Phi) is 6.37. The van der Waals surface area contributed by atoms with Crippen molar-refractivity contribution in [3.8, 4) is 0 Å². The summed E-state index contributed by atoms with van der Waals surface area (Å²) in [6.07, 6.45) is 4.23. The Morgan fingerprint density at radius 2 is 1.67 bits per heavy atom. The lowest BCUT2D eigenvalue weighted by atomic mass is 10.2. The maximum absolute atomic E-state index is 13.0. The van der Waals surface area contributed by atoms with E-state index in [1.54, 1.807) is 23.4 Å². The van der Waals surface area contributed by atoms with Crippen molar-refractivity contribution in [2.75, 3.05) is 32.7 Å². The summed E-state index contributed by atoms with van der Waals surface area (Å²) in [5.74, 6) is 0. The van der Waals surface area contributed by atoms with Crippen LogP contribution in [-0.2, 0) is 10.0 Å². The summed E-state index contributed by atoms with van der Waals surface area (Å²) in [5, 5.41) is 0.599. The Labute approximate surface area is 167 Å². The standard InChI is InChI=1S/C21H25ClN2O2S/c1-17-16-21(18(2)15-20(17)22)27(25,26)24-13-11-23(12-14-24)10-6-9-19-7-4-3-5-8-19/h3-9,15-16H,10-14H2,1-2H3/b9-6+. The fourth-order valence-electron chi connectivity index (χ4n) is 3.23. The first-order chi connectivity index (χ1) is 12.9. The highest BCUT2D eigenvalue weighted by Crippen LogP contribution is 2.26. The first-order valence-corrected chi connectivity index (χ1v) is 10.9.